The van der Waals surface area contributed by atoms with E-state index in [0.29, 0.717) is 11.1 Å². The van der Waals surface area contributed by atoms with Crippen LogP contribution in [0.3, 0.4) is 0 Å². The van der Waals surface area contributed by atoms with Gasteiger partial charge < -0.3 is 5.32 Å². The third-order valence-corrected chi connectivity index (χ3v) is 3.54. The molecule has 1 N–H and O–H groups in total. The number of hydrogen-bond acceptors (Lipinski definition) is 2. The predicted molar refractivity (Wildman–Crippen MR) is 81.5 cm³/mol. The number of anilines is 2. The summed E-state index contributed by atoms with van der Waals surface area (Å²) in [5.41, 5.74) is -1.05. The molecule has 0 saturated heterocycles. The molecule has 2 nitrogen and oxygen atoms in total. The summed E-state index contributed by atoms with van der Waals surface area (Å²) >= 11 is 0. The van der Waals surface area contributed by atoms with Crippen LogP contribution in [0, 0.1) is 0 Å². The lowest BCUT2D eigenvalue weighted by Crippen LogP contribution is -2.06. The summed E-state index contributed by atoms with van der Waals surface area (Å²) in [6.45, 7) is 0. The summed E-state index contributed by atoms with van der Waals surface area (Å²) in [6, 6.07) is 9.06. The summed E-state index contributed by atoms with van der Waals surface area (Å²) in [4.78, 5) is 3.89. The third kappa shape index (κ3) is 3.67. The van der Waals surface area contributed by atoms with E-state index >= 15 is 0 Å². The molecule has 0 saturated carbocycles. The third-order valence-electron chi connectivity index (χ3n) is 3.54. The fourth-order valence-corrected chi connectivity index (χ4v) is 2.36. The molecule has 1 aromatic heterocycles. The number of aromatic nitrogens is 1. The highest BCUT2D eigenvalue weighted by Gasteiger charge is 2.31. The predicted octanol–water partition coefficient (Wildman–Crippen LogP) is 6.02. The Morgan fingerprint density at radius 2 is 1.44 bits per heavy atom. The smallest absolute Gasteiger partial charge is 0.355 e. The largest absolute Gasteiger partial charge is 0.416 e. The lowest BCUT2D eigenvalue weighted by Gasteiger charge is -2.13. The molecule has 3 aromatic rings. The van der Waals surface area contributed by atoms with E-state index in [1.165, 1.54) is 30.5 Å². The number of alkyl halides is 6. The van der Waals surface area contributed by atoms with Gasteiger partial charge in [-0.15, -0.1) is 0 Å². The van der Waals surface area contributed by atoms with Gasteiger partial charge in [0.15, 0.2) is 0 Å². The second-order valence-corrected chi connectivity index (χ2v) is 5.29. The first-order valence-electron chi connectivity index (χ1n) is 7.05. The van der Waals surface area contributed by atoms with Crippen LogP contribution in [0.1, 0.15) is 11.1 Å². The van der Waals surface area contributed by atoms with Crippen molar-refractivity contribution in [3.8, 4) is 0 Å². The molecular weight excluding hydrogens is 346 g/mol. The van der Waals surface area contributed by atoms with Crippen LogP contribution in [0.5, 0.6) is 0 Å². The molecule has 0 fully saturated rings. The van der Waals surface area contributed by atoms with Gasteiger partial charge in [0, 0.05) is 23.0 Å². The van der Waals surface area contributed by atoms with E-state index in [0.717, 1.165) is 24.3 Å². The monoisotopic (exact) mass is 356 g/mol. The summed E-state index contributed by atoms with van der Waals surface area (Å²) < 4.78 is 76.6. The number of fused-ring (bicyclic) bond motifs is 1. The molecule has 0 bridgehead atoms. The molecule has 25 heavy (non-hydrogen) atoms. The van der Waals surface area contributed by atoms with Gasteiger partial charge in [0.2, 0.25) is 0 Å². The zero-order valence-electron chi connectivity index (χ0n) is 12.4. The van der Waals surface area contributed by atoms with Crippen LogP contribution in [0.2, 0.25) is 0 Å². The molecule has 2 aromatic carbocycles. The Morgan fingerprint density at radius 1 is 0.760 bits per heavy atom. The van der Waals surface area contributed by atoms with Gasteiger partial charge in [-0.1, -0.05) is 12.1 Å². The molecule has 0 atom stereocenters. The zero-order valence-corrected chi connectivity index (χ0v) is 12.4. The van der Waals surface area contributed by atoms with E-state index in [4.69, 9.17) is 0 Å². The second-order valence-electron chi connectivity index (χ2n) is 5.29. The highest BCUT2D eigenvalue weighted by molar-refractivity contribution is 5.93. The highest BCUT2D eigenvalue weighted by atomic mass is 19.4. The Hall–Kier alpha value is -2.77. The molecule has 0 radical (unpaired) electrons. The lowest BCUT2D eigenvalue weighted by molar-refractivity contribution is -0.138. The fourth-order valence-electron chi connectivity index (χ4n) is 2.36. The minimum Gasteiger partial charge on any atom is -0.355 e. The highest BCUT2D eigenvalue weighted by Crippen LogP contribution is 2.34. The van der Waals surface area contributed by atoms with Gasteiger partial charge in [-0.2, -0.15) is 26.3 Å². The van der Waals surface area contributed by atoms with Crippen LogP contribution in [-0.4, -0.2) is 4.98 Å². The fraction of sp³-hybridized carbons (Fsp3) is 0.118. The normalized spacial score (nSPS) is 12.4. The molecule has 0 aliphatic rings. The van der Waals surface area contributed by atoms with Crippen molar-refractivity contribution < 1.29 is 26.3 Å². The van der Waals surface area contributed by atoms with E-state index in [1.807, 2.05) is 0 Å². The van der Waals surface area contributed by atoms with Crippen LogP contribution in [0.25, 0.3) is 10.9 Å². The van der Waals surface area contributed by atoms with E-state index in [-0.39, 0.29) is 11.2 Å². The maximum atomic E-state index is 12.8. The first-order valence-corrected chi connectivity index (χ1v) is 7.05. The number of nitrogens with one attached hydrogen (secondary N) is 1. The van der Waals surface area contributed by atoms with Gasteiger partial charge in [-0.05, 0) is 36.4 Å². The van der Waals surface area contributed by atoms with E-state index in [2.05, 4.69) is 10.3 Å². The summed E-state index contributed by atoms with van der Waals surface area (Å²) in [5, 5.41) is 3.16. The van der Waals surface area contributed by atoms with Gasteiger partial charge in [-0.3, -0.25) is 4.98 Å². The molecular formula is C17H10F6N2. The second kappa shape index (κ2) is 5.94. The van der Waals surface area contributed by atoms with E-state index in [1.54, 1.807) is 0 Å². The Balaban J connectivity index is 2.00. The maximum absolute atomic E-state index is 12.8. The van der Waals surface area contributed by atoms with Crippen LogP contribution in [0.4, 0.5) is 37.7 Å². The first-order chi connectivity index (χ1) is 11.6. The zero-order chi connectivity index (χ0) is 18.2. The van der Waals surface area contributed by atoms with Gasteiger partial charge >= 0.3 is 12.4 Å². The Kier molecular flexibility index (Phi) is 4.06. The van der Waals surface area contributed by atoms with Crippen molar-refractivity contribution in [3.63, 3.8) is 0 Å². The van der Waals surface area contributed by atoms with E-state index < -0.39 is 23.5 Å². The quantitative estimate of drug-likeness (QED) is 0.568. The maximum Gasteiger partial charge on any atom is 0.416 e. The lowest BCUT2D eigenvalue weighted by atomic mass is 10.1. The summed E-state index contributed by atoms with van der Waals surface area (Å²) in [5.74, 6) is 0. The molecule has 0 unspecified atom stereocenters. The number of hydrogen-bond donors (Lipinski definition) is 1. The molecule has 3 rings (SSSR count). The molecule has 0 aliphatic carbocycles. The molecule has 1 heterocycles. The van der Waals surface area contributed by atoms with Gasteiger partial charge in [-0.25, -0.2) is 0 Å². The van der Waals surface area contributed by atoms with Gasteiger partial charge in [0.1, 0.15) is 0 Å². The van der Waals surface area contributed by atoms with Crippen molar-refractivity contribution in [1.29, 1.82) is 0 Å². The molecule has 0 amide bonds. The molecule has 0 aliphatic heterocycles. The average Bonchev–Trinajstić information content (AvgIpc) is 2.53. The Bertz CT molecular complexity index is 915. The van der Waals surface area contributed by atoms with Crippen LogP contribution >= 0.6 is 0 Å². The molecule has 8 heteroatoms. The van der Waals surface area contributed by atoms with Crippen molar-refractivity contribution in [1.82, 2.24) is 4.98 Å². The van der Waals surface area contributed by atoms with Crippen LogP contribution in [-0.2, 0) is 12.4 Å². The minimum atomic E-state index is -4.50. The Morgan fingerprint density at radius 3 is 2.12 bits per heavy atom. The SMILES string of the molecule is FC(F)(F)c1cccc(Nc2ccnc3cc(C(F)(F)F)ccc23)c1. The first kappa shape index (κ1) is 17.1. The van der Waals surface area contributed by atoms with Gasteiger partial charge in [0.05, 0.1) is 16.6 Å². The van der Waals surface area contributed by atoms with Crippen molar-refractivity contribution in [3.05, 3.63) is 65.9 Å². The number of rotatable bonds is 2. The van der Waals surface area contributed by atoms with Crippen molar-refractivity contribution in [2.24, 2.45) is 0 Å². The molecule has 130 valence electrons. The van der Waals surface area contributed by atoms with Crippen molar-refractivity contribution >= 4 is 22.3 Å². The Labute approximate surface area is 138 Å². The van der Waals surface area contributed by atoms with Crippen LogP contribution < -0.4 is 5.32 Å². The van der Waals surface area contributed by atoms with Crippen molar-refractivity contribution in [2.45, 2.75) is 12.4 Å². The standard InChI is InChI=1S/C17H10F6N2/c18-16(19,20)10-2-1-3-12(8-10)25-14-6-7-24-15-9-11(17(21,22)23)4-5-13(14)15/h1-9H,(H,24,25). The summed E-state index contributed by atoms with van der Waals surface area (Å²) in [6.07, 6.45) is -7.70. The summed E-state index contributed by atoms with van der Waals surface area (Å²) in [7, 11) is 0. The minimum absolute atomic E-state index is 0.0896. The van der Waals surface area contributed by atoms with Crippen LogP contribution in [0.15, 0.2) is 54.7 Å². The number of nitrogens with zero attached hydrogens (tertiary/aromatic N) is 1. The number of benzene rings is 2. The topological polar surface area (TPSA) is 24.9 Å². The average molecular weight is 356 g/mol. The molecule has 0 spiro atoms. The van der Waals surface area contributed by atoms with Gasteiger partial charge in [0.25, 0.3) is 0 Å². The number of pyridine rings is 1. The number of halogens is 6. The van der Waals surface area contributed by atoms with Crippen molar-refractivity contribution in [2.75, 3.05) is 5.32 Å². The van der Waals surface area contributed by atoms with E-state index in [9.17, 15) is 26.3 Å².